The maximum atomic E-state index is 10.7. The summed E-state index contributed by atoms with van der Waals surface area (Å²) in [5.41, 5.74) is 1.04. The van der Waals surface area contributed by atoms with Crippen molar-refractivity contribution in [3.63, 3.8) is 0 Å². The zero-order chi connectivity index (χ0) is 10.1. The van der Waals surface area contributed by atoms with E-state index in [1.54, 1.807) is 10.7 Å². The van der Waals surface area contributed by atoms with E-state index in [1.165, 1.54) is 0 Å². The molecule has 1 saturated carbocycles. The van der Waals surface area contributed by atoms with E-state index in [4.69, 9.17) is 11.5 Å². The van der Waals surface area contributed by atoms with E-state index in [1.807, 2.05) is 0 Å². The van der Waals surface area contributed by atoms with Crippen LogP contribution in [0.3, 0.4) is 0 Å². The predicted molar refractivity (Wildman–Crippen MR) is 50.0 cm³/mol. The minimum Gasteiger partial charge on any atom is -0.476 e. The fraction of sp³-hybridized carbons (Fsp3) is 0.400. The normalized spacial score (nSPS) is 15.1. The summed E-state index contributed by atoms with van der Waals surface area (Å²) in [6.45, 7) is 0.346. The van der Waals surface area contributed by atoms with Crippen LogP contribution in [0.2, 0.25) is 0 Å². The number of nitrogens with zero attached hydrogens (tertiary/aromatic N) is 2. The van der Waals surface area contributed by atoms with E-state index in [-0.39, 0.29) is 5.69 Å². The molecule has 1 heterocycles. The van der Waals surface area contributed by atoms with Gasteiger partial charge in [-0.05, 0) is 18.9 Å². The molecule has 2 rings (SSSR count). The van der Waals surface area contributed by atoms with Crippen molar-refractivity contribution in [3.8, 4) is 12.3 Å². The Bertz CT molecular complexity index is 410. The molecule has 1 aliphatic rings. The zero-order valence-corrected chi connectivity index (χ0v) is 7.60. The first-order valence-corrected chi connectivity index (χ1v) is 4.47. The van der Waals surface area contributed by atoms with Gasteiger partial charge >= 0.3 is 5.97 Å². The first kappa shape index (κ1) is 8.82. The van der Waals surface area contributed by atoms with Gasteiger partial charge in [-0.2, -0.15) is 5.10 Å². The lowest BCUT2D eigenvalue weighted by molar-refractivity contribution is 0.0689. The second-order valence-electron chi connectivity index (χ2n) is 3.40. The fourth-order valence-corrected chi connectivity index (χ4v) is 1.46. The highest BCUT2D eigenvalue weighted by molar-refractivity contribution is 5.85. The largest absolute Gasteiger partial charge is 0.476 e. The van der Waals surface area contributed by atoms with Crippen molar-refractivity contribution in [2.75, 3.05) is 0 Å². The van der Waals surface area contributed by atoms with Gasteiger partial charge in [0.05, 0.1) is 0 Å². The fourth-order valence-electron chi connectivity index (χ4n) is 1.46. The number of aromatic nitrogens is 2. The first-order valence-electron chi connectivity index (χ1n) is 4.47. The van der Waals surface area contributed by atoms with Gasteiger partial charge in [0, 0.05) is 11.6 Å². The Labute approximate surface area is 81.5 Å². The van der Waals surface area contributed by atoms with Gasteiger partial charge in [0.15, 0.2) is 5.69 Å². The molecule has 4 nitrogen and oxygen atoms in total. The van der Waals surface area contributed by atoms with Gasteiger partial charge in [-0.15, -0.1) is 6.42 Å². The Morgan fingerprint density at radius 3 is 3.00 bits per heavy atom. The van der Waals surface area contributed by atoms with Crippen LogP contribution < -0.4 is 0 Å². The van der Waals surface area contributed by atoms with Gasteiger partial charge in [0.25, 0.3) is 0 Å². The van der Waals surface area contributed by atoms with Crippen molar-refractivity contribution in [1.29, 1.82) is 0 Å². The Morgan fingerprint density at radius 2 is 2.50 bits per heavy atom. The number of carbonyl (C=O) groups is 1. The minimum absolute atomic E-state index is 0.0853. The molecule has 4 heteroatoms. The van der Waals surface area contributed by atoms with Crippen LogP contribution in [0.15, 0.2) is 6.07 Å². The highest BCUT2D eigenvalue weighted by Gasteiger charge is 2.28. The van der Waals surface area contributed by atoms with E-state index in [9.17, 15) is 4.79 Å². The number of hydrogen-bond acceptors (Lipinski definition) is 2. The van der Waals surface area contributed by atoms with Gasteiger partial charge in [-0.25, -0.2) is 4.79 Å². The molecule has 72 valence electrons. The van der Waals surface area contributed by atoms with Crippen LogP contribution in [0.1, 0.15) is 34.9 Å². The molecule has 14 heavy (non-hydrogen) atoms. The Kier molecular flexibility index (Phi) is 2.01. The lowest BCUT2D eigenvalue weighted by Crippen LogP contribution is -2.04. The highest BCUT2D eigenvalue weighted by atomic mass is 16.4. The molecule has 0 bridgehead atoms. The SMILES string of the molecule is C#CCn1nc(C(=O)O)cc1C1CC1. The molecular weight excluding hydrogens is 180 g/mol. The maximum absolute atomic E-state index is 10.7. The summed E-state index contributed by atoms with van der Waals surface area (Å²) >= 11 is 0. The van der Waals surface area contributed by atoms with E-state index in [2.05, 4.69) is 11.0 Å². The molecule has 1 aliphatic carbocycles. The van der Waals surface area contributed by atoms with Crippen LogP contribution in [-0.2, 0) is 6.54 Å². The standard InChI is InChI=1S/C10H10N2O2/c1-2-5-12-9(7-3-4-7)6-8(11-12)10(13)14/h1,6-7H,3-5H2,(H,13,14). The number of aromatic carboxylic acids is 1. The van der Waals surface area contributed by atoms with Crippen LogP contribution in [-0.4, -0.2) is 20.9 Å². The highest BCUT2D eigenvalue weighted by Crippen LogP contribution is 2.40. The molecule has 0 aliphatic heterocycles. The average molecular weight is 190 g/mol. The number of carboxylic acids is 1. The van der Waals surface area contributed by atoms with Gasteiger partial charge in [0.2, 0.25) is 0 Å². The van der Waals surface area contributed by atoms with Crippen LogP contribution in [0.5, 0.6) is 0 Å². The number of hydrogen-bond donors (Lipinski definition) is 1. The summed E-state index contributed by atoms with van der Waals surface area (Å²) < 4.78 is 1.61. The summed E-state index contributed by atoms with van der Waals surface area (Å²) in [6.07, 6.45) is 7.39. The predicted octanol–water partition coefficient (Wildman–Crippen LogP) is 1.09. The molecule has 1 aromatic heterocycles. The van der Waals surface area contributed by atoms with E-state index in [0.717, 1.165) is 18.5 Å². The molecular formula is C10H10N2O2. The Morgan fingerprint density at radius 1 is 1.79 bits per heavy atom. The van der Waals surface area contributed by atoms with Gasteiger partial charge in [-0.3, -0.25) is 4.68 Å². The molecule has 0 atom stereocenters. The lowest BCUT2D eigenvalue weighted by Gasteiger charge is -1.99. The summed E-state index contributed by atoms with van der Waals surface area (Å²) in [6, 6.07) is 1.62. The van der Waals surface area contributed by atoms with Crippen molar-refractivity contribution >= 4 is 5.97 Å². The van der Waals surface area contributed by atoms with E-state index < -0.39 is 5.97 Å². The van der Waals surface area contributed by atoms with Crippen molar-refractivity contribution in [2.45, 2.75) is 25.3 Å². The van der Waals surface area contributed by atoms with Crippen LogP contribution in [0, 0.1) is 12.3 Å². The van der Waals surface area contributed by atoms with Gasteiger partial charge in [-0.1, -0.05) is 5.92 Å². The molecule has 0 aromatic carbocycles. The van der Waals surface area contributed by atoms with Crippen molar-refractivity contribution < 1.29 is 9.90 Å². The van der Waals surface area contributed by atoms with Gasteiger partial charge < -0.3 is 5.11 Å². The topological polar surface area (TPSA) is 55.1 Å². The minimum atomic E-state index is -0.998. The summed E-state index contributed by atoms with van der Waals surface area (Å²) in [5, 5.41) is 12.7. The van der Waals surface area contributed by atoms with E-state index in [0.29, 0.717) is 12.5 Å². The van der Waals surface area contributed by atoms with E-state index >= 15 is 0 Å². The molecule has 0 radical (unpaired) electrons. The Balaban J connectivity index is 2.35. The second kappa shape index (κ2) is 3.18. The maximum Gasteiger partial charge on any atom is 0.356 e. The van der Waals surface area contributed by atoms with Crippen LogP contribution >= 0.6 is 0 Å². The molecule has 1 fully saturated rings. The van der Waals surface area contributed by atoms with Crippen molar-refractivity contribution in [3.05, 3.63) is 17.5 Å². The quantitative estimate of drug-likeness (QED) is 0.726. The summed E-state index contributed by atoms with van der Waals surface area (Å²) in [7, 11) is 0. The van der Waals surface area contributed by atoms with Crippen molar-refractivity contribution in [2.24, 2.45) is 0 Å². The van der Waals surface area contributed by atoms with Crippen LogP contribution in [0.4, 0.5) is 0 Å². The average Bonchev–Trinajstić information content (AvgIpc) is 2.89. The Hall–Kier alpha value is -1.76. The third-order valence-electron chi connectivity index (χ3n) is 2.27. The molecule has 0 unspecified atom stereocenters. The monoisotopic (exact) mass is 190 g/mol. The second-order valence-corrected chi connectivity index (χ2v) is 3.40. The van der Waals surface area contributed by atoms with Crippen LogP contribution in [0.25, 0.3) is 0 Å². The smallest absolute Gasteiger partial charge is 0.356 e. The third-order valence-corrected chi connectivity index (χ3v) is 2.27. The third kappa shape index (κ3) is 1.49. The molecule has 0 saturated heterocycles. The molecule has 0 amide bonds. The van der Waals surface area contributed by atoms with Crippen molar-refractivity contribution in [1.82, 2.24) is 9.78 Å². The summed E-state index contributed by atoms with van der Waals surface area (Å²) in [5.74, 6) is 1.93. The van der Waals surface area contributed by atoms with Gasteiger partial charge in [0.1, 0.15) is 6.54 Å². The number of carboxylic acid groups (broad SMARTS) is 1. The first-order chi connectivity index (χ1) is 6.72. The number of rotatable bonds is 3. The lowest BCUT2D eigenvalue weighted by atomic mass is 10.2. The molecule has 0 spiro atoms. The number of terminal acetylenes is 1. The summed E-state index contributed by atoms with van der Waals surface area (Å²) in [4.78, 5) is 10.7. The molecule has 1 aromatic rings. The zero-order valence-electron chi connectivity index (χ0n) is 7.60. The molecule has 1 N–H and O–H groups in total.